The van der Waals surface area contributed by atoms with Crippen molar-refractivity contribution in [2.45, 2.75) is 64.8 Å². The monoisotopic (exact) mass is 269 g/mol. The molecule has 1 aromatic heterocycles. The van der Waals surface area contributed by atoms with Crippen LogP contribution in [0.15, 0.2) is 11.6 Å². The fourth-order valence-electron chi connectivity index (χ4n) is 2.06. The van der Waals surface area contributed by atoms with Crippen molar-refractivity contribution in [2.24, 2.45) is 0 Å². The Morgan fingerprint density at radius 3 is 2.39 bits per heavy atom. The van der Waals surface area contributed by atoms with Crippen molar-refractivity contribution in [2.75, 3.05) is 0 Å². The van der Waals surface area contributed by atoms with Crippen molar-refractivity contribution in [3.05, 3.63) is 16.6 Å². The summed E-state index contributed by atoms with van der Waals surface area (Å²) < 4.78 is 1.79. The van der Waals surface area contributed by atoms with Crippen LogP contribution in [0.3, 0.4) is 0 Å². The molecule has 0 aliphatic heterocycles. The zero-order chi connectivity index (χ0) is 13.2. The van der Waals surface area contributed by atoms with Crippen LogP contribution in [0.4, 0.5) is 0 Å². The van der Waals surface area contributed by atoms with Gasteiger partial charge in [-0.15, -0.1) is 0 Å². The second kappa shape index (κ2) is 9.09. The average molecular weight is 269 g/mol. The maximum Gasteiger partial charge on any atom is 0.284 e. The molecule has 0 saturated heterocycles. The van der Waals surface area contributed by atoms with E-state index >= 15 is 0 Å². The highest BCUT2D eigenvalue weighted by Gasteiger charge is 2.12. The Bertz CT molecular complexity index is 349. The summed E-state index contributed by atoms with van der Waals surface area (Å²) in [7, 11) is 0. The molecule has 0 atom stereocenters. The smallest absolute Gasteiger partial charge is 0.284 e. The molecule has 1 rings (SSSR count). The van der Waals surface area contributed by atoms with Crippen LogP contribution in [0, 0.1) is 0 Å². The van der Waals surface area contributed by atoms with Crippen molar-refractivity contribution < 1.29 is 14.5 Å². The van der Waals surface area contributed by atoms with Gasteiger partial charge in [0, 0.05) is 6.42 Å². The molecule has 0 aromatic carbocycles. The molecule has 0 aliphatic rings. The van der Waals surface area contributed by atoms with Crippen LogP contribution >= 0.6 is 11.3 Å². The van der Waals surface area contributed by atoms with Crippen molar-refractivity contribution >= 4 is 17.3 Å². The number of carbonyl (C=O) groups excluding carboxylic acids is 1. The van der Waals surface area contributed by atoms with E-state index in [1.165, 1.54) is 56.3 Å². The van der Waals surface area contributed by atoms with Gasteiger partial charge in [-0.2, -0.15) is 4.57 Å². The van der Waals surface area contributed by atoms with E-state index in [0.29, 0.717) is 5.01 Å². The van der Waals surface area contributed by atoms with Crippen LogP contribution in [-0.2, 0) is 6.54 Å². The number of nitrogens with zero attached hydrogens (tertiary/aromatic N) is 1. The molecule has 0 fully saturated rings. The minimum absolute atomic E-state index is 0.331. The lowest BCUT2D eigenvalue weighted by molar-refractivity contribution is -0.696. The highest BCUT2D eigenvalue weighted by molar-refractivity contribution is 7.11. The van der Waals surface area contributed by atoms with E-state index in [1.54, 1.807) is 9.95 Å². The molecule has 0 aliphatic carbocycles. The van der Waals surface area contributed by atoms with Gasteiger partial charge in [-0.1, -0.05) is 56.8 Å². The molecule has 0 N–H and O–H groups in total. The number of carboxylic acid groups (broad SMARTS) is 1. The number of aromatic carboxylic acids is 1. The van der Waals surface area contributed by atoms with E-state index in [9.17, 15) is 9.90 Å². The van der Waals surface area contributed by atoms with Crippen molar-refractivity contribution in [1.82, 2.24) is 0 Å². The number of aryl methyl sites for hydroxylation is 1. The summed E-state index contributed by atoms with van der Waals surface area (Å²) in [5.74, 6) is -1.07. The van der Waals surface area contributed by atoms with Crippen LogP contribution < -0.4 is 9.67 Å². The van der Waals surface area contributed by atoms with Crippen LogP contribution in [0.25, 0.3) is 0 Å². The van der Waals surface area contributed by atoms with E-state index < -0.39 is 5.97 Å². The first-order chi connectivity index (χ1) is 8.75. The molecule has 0 radical (unpaired) electrons. The third kappa shape index (κ3) is 5.63. The summed E-state index contributed by atoms with van der Waals surface area (Å²) in [5, 5.41) is 12.9. The Morgan fingerprint density at radius 2 is 1.78 bits per heavy atom. The number of carbonyl (C=O) groups is 1. The highest BCUT2D eigenvalue weighted by atomic mass is 32.1. The first-order valence-electron chi connectivity index (χ1n) is 6.94. The number of thiazole rings is 1. The zero-order valence-corrected chi connectivity index (χ0v) is 12.0. The Hall–Kier alpha value is -0.900. The van der Waals surface area contributed by atoms with E-state index in [0.717, 1.165) is 13.0 Å². The second-order valence-electron chi connectivity index (χ2n) is 4.66. The quantitative estimate of drug-likeness (QED) is 0.484. The maximum atomic E-state index is 10.8. The summed E-state index contributed by atoms with van der Waals surface area (Å²) in [4.78, 5) is 10.8. The van der Waals surface area contributed by atoms with E-state index in [-0.39, 0.29) is 0 Å². The minimum Gasteiger partial charge on any atom is -0.539 e. The molecule has 1 aromatic rings. The number of rotatable bonds is 10. The van der Waals surface area contributed by atoms with Crippen molar-refractivity contribution in [3.63, 3.8) is 0 Å². The van der Waals surface area contributed by atoms with Crippen LogP contribution in [-0.4, -0.2) is 5.97 Å². The summed E-state index contributed by atoms with van der Waals surface area (Å²) in [6.45, 7) is 3.02. The van der Waals surface area contributed by atoms with Gasteiger partial charge in [0.25, 0.3) is 5.01 Å². The summed E-state index contributed by atoms with van der Waals surface area (Å²) in [5.41, 5.74) is 0. The molecule has 102 valence electrons. The third-order valence-electron chi connectivity index (χ3n) is 3.11. The highest BCUT2D eigenvalue weighted by Crippen LogP contribution is 2.09. The normalized spacial score (nSPS) is 10.7. The molecule has 0 saturated carbocycles. The predicted molar refractivity (Wildman–Crippen MR) is 71.5 cm³/mol. The molecular weight excluding hydrogens is 246 g/mol. The zero-order valence-electron chi connectivity index (χ0n) is 11.2. The van der Waals surface area contributed by atoms with E-state index in [2.05, 4.69) is 6.92 Å². The first kappa shape index (κ1) is 15.2. The van der Waals surface area contributed by atoms with E-state index in [1.807, 2.05) is 6.20 Å². The largest absolute Gasteiger partial charge is 0.539 e. The second-order valence-corrected chi connectivity index (χ2v) is 5.56. The van der Waals surface area contributed by atoms with Crippen molar-refractivity contribution in [1.29, 1.82) is 0 Å². The van der Waals surface area contributed by atoms with Gasteiger partial charge in [0.05, 0.1) is 5.38 Å². The number of hydrogen-bond donors (Lipinski definition) is 0. The molecule has 0 amide bonds. The number of carboxylic acids is 1. The molecule has 0 bridgehead atoms. The maximum absolute atomic E-state index is 10.8. The summed E-state index contributed by atoms with van der Waals surface area (Å²) in [6, 6.07) is 0. The van der Waals surface area contributed by atoms with Crippen molar-refractivity contribution in [3.8, 4) is 0 Å². The van der Waals surface area contributed by atoms with Gasteiger partial charge in [-0.25, -0.2) is 0 Å². The lowest BCUT2D eigenvalue weighted by Crippen LogP contribution is -2.41. The lowest BCUT2D eigenvalue weighted by Gasteiger charge is -2.01. The molecule has 0 spiro atoms. The van der Waals surface area contributed by atoms with Gasteiger partial charge in [-0.3, -0.25) is 0 Å². The Labute approximate surface area is 113 Å². The van der Waals surface area contributed by atoms with Gasteiger partial charge in [0.15, 0.2) is 12.2 Å². The first-order valence-corrected chi connectivity index (χ1v) is 7.82. The van der Waals surface area contributed by atoms with Crippen LogP contribution in [0.5, 0.6) is 0 Å². The Morgan fingerprint density at radius 1 is 1.17 bits per heavy atom. The van der Waals surface area contributed by atoms with Gasteiger partial charge in [-0.05, 0) is 6.42 Å². The molecule has 0 unspecified atom stereocenters. The van der Waals surface area contributed by atoms with Gasteiger partial charge >= 0.3 is 0 Å². The SMILES string of the molecule is CCCCCCCCCC[n+]1ccsc1C(=O)[O-]. The number of hydrogen-bond acceptors (Lipinski definition) is 3. The number of unbranched alkanes of at least 4 members (excludes halogenated alkanes) is 7. The Kier molecular flexibility index (Phi) is 7.65. The molecule has 4 heteroatoms. The standard InChI is InChI=1S/C14H23NO2S/c1-2-3-4-5-6-7-8-9-10-15-11-12-18-13(15)14(16)17/h11-12H,2-10H2,1H3. The topological polar surface area (TPSA) is 44.0 Å². The molecular formula is C14H23NO2S. The predicted octanol–water partition coefficient (Wildman–Crippen LogP) is 2.54. The van der Waals surface area contributed by atoms with Gasteiger partial charge in [0.1, 0.15) is 6.54 Å². The fourth-order valence-corrected chi connectivity index (χ4v) is 2.78. The van der Waals surface area contributed by atoms with Gasteiger partial charge < -0.3 is 9.90 Å². The minimum atomic E-state index is -1.07. The molecule has 1 heterocycles. The average Bonchev–Trinajstić information content (AvgIpc) is 2.81. The van der Waals surface area contributed by atoms with Crippen LogP contribution in [0.1, 0.15) is 68.1 Å². The summed E-state index contributed by atoms with van der Waals surface area (Å²) >= 11 is 1.24. The summed E-state index contributed by atoms with van der Waals surface area (Å²) in [6.07, 6.45) is 12.0. The van der Waals surface area contributed by atoms with Gasteiger partial charge in [0.2, 0.25) is 0 Å². The Balaban J connectivity index is 2.07. The molecule has 3 nitrogen and oxygen atoms in total. The fraction of sp³-hybridized carbons (Fsp3) is 0.714. The third-order valence-corrected chi connectivity index (χ3v) is 3.99. The number of aromatic nitrogens is 1. The van der Waals surface area contributed by atoms with E-state index in [4.69, 9.17) is 0 Å². The molecule has 18 heavy (non-hydrogen) atoms. The van der Waals surface area contributed by atoms with Crippen LogP contribution in [0.2, 0.25) is 0 Å². The lowest BCUT2D eigenvalue weighted by atomic mass is 10.1.